The van der Waals surface area contributed by atoms with E-state index in [0.29, 0.717) is 27.6 Å². The zero-order valence-electron chi connectivity index (χ0n) is 15.2. The molecule has 1 amide bonds. The smallest absolute Gasteiger partial charge is 0.266 e. The predicted molar refractivity (Wildman–Crippen MR) is 110 cm³/mol. The molecule has 2 N–H and O–H groups in total. The molecule has 0 aliphatic heterocycles. The van der Waals surface area contributed by atoms with Crippen LogP contribution in [0.2, 0.25) is 0 Å². The topological polar surface area (TPSA) is 74.8 Å². The van der Waals surface area contributed by atoms with Gasteiger partial charge in [0, 0.05) is 27.7 Å². The number of carbonyl (C=O) groups is 1. The van der Waals surface area contributed by atoms with Crippen LogP contribution in [-0.4, -0.2) is 15.9 Å². The number of anilines is 1. The molecule has 2 heterocycles. The highest BCUT2D eigenvalue weighted by atomic mass is 32.1. The number of aromatic nitrogens is 2. The lowest BCUT2D eigenvalue weighted by Crippen LogP contribution is -2.12. The molecule has 4 rings (SSSR count). The van der Waals surface area contributed by atoms with Crippen molar-refractivity contribution < 1.29 is 9.18 Å². The summed E-state index contributed by atoms with van der Waals surface area (Å²) >= 11 is 1.33. The quantitative estimate of drug-likeness (QED) is 0.532. The van der Waals surface area contributed by atoms with E-state index in [1.165, 1.54) is 29.5 Å². The summed E-state index contributed by atoms with van der Waals surface area (Å²) in [7, 11) is 0. The second-order valence-electron chi connectivity index (χ2n) is 6.47. The Hall–Kier alpha value is -3.32. The van der Waals surface area contributed by atoms with E-state index < -0.39 is 0 Å². The van der Waals surface area contributed by atoms with E-state index in [1.54, 1.807) is 37.3 Å². The van der Waals surface area contributed by atoms with Gasteiger partial charge in [0.05, 0.1) is 4.88 Å². The summed E-state index contributed by atoms with van der Waals surface area (Å²) < 4.78 is 14.4. The summed E-state index contributed by atoms with van der Waals surface area (Å²) in [5.74, 6) is -0.149. The van der Waals surface area contributed by atoms with Crippen LogP contribution in [0.5, 0.6) is 0 Å². The van der Waals surface area contributed by atoms with Crippen molar-refractivity contribution in [1.29, 1.82) is 0 Å². The number of nitrogens with one attached hydrogen (secondary N) is 2. The Morgan fingerprint density at radius 3 is 2.75 bits per heavy atom. The fourth-order valence-corrected chi connectivity index (χ4v) is 4.14. The lowest BCUT2D eigenvalue weighted by Gasteiger charge is -2.07. The van der Waals surface area contributed by atoms with Gasteiger partial charge in [-0.25, -0.2) is 9.37 Å². The van der Waals surface area contributed by atoms with E-state index in [9.17, 15) is 14.0 Å². The van der Waals surface area contributed by atoms with Crippen LogP contribution in [0.3, 0.4) is 0 Å². The Balaban J connectivity index is 1.65. The molecule has 0 fully saturated rings. The second kappa shape index (κ2) is 7.01. The van der Waals surface area contributed by atoms with Crippen LogP contribution >= 0.6 is 11.3 Å². The molecule has 2 aromatic carbocycles. The van der Waals surface area contributed by atoms with Gasteiger partial charge < -0.3 is 10.3 Å². The van der Waals surface area contributed by atoms with Crippen LogP contribution in [0.1, 0.15) is 20.9 Å². The predicted octanol–water partition coefficient (Wildman–Crippen LogP) is 4.66. The molecule has 0 unspecified atom stereocenters. The molecule has 5 nitrogen and oxygen atoms in total. The molecule has 140 valence electrons. The average Bonchev–Trinajstić information content (AvgIpc) is 2.97. The van der Waals surface area contributed by atoms with Gasteiger partial charge in [0.2, 0.25) is 0 Å². The standard InChI is InChI=1S/C21H16FN3O2S/c1-11-8-18(26)25-20(23-11)13-4-3-5-15(9-13)24-21(27)19-12(2)16-10-14(22)6-7-17(16)28-19/h3-10H,1-2H3,(H,24,27)(H,23,25,26). The van der Waals surface area contributed by atoms with E-state index in [2.05, 4.69) is 15.3 Å². The van der Waals surface area contributed by atoms with Crippen molar-refractivity contribution >= 4 is 33.0 Å². The first-order valence-electron chi connectivity index (χ1n) is 8.59. The van der Waals surface area contributed by atoms with Crippen molar-refractivity contribution in [3.63, 3.8) is 0 Å². The third-order valence-corrected chi connectivity index (χ3v) is 5.64. The molecule has 0 radical (unpaired) electrons. The number of H-pyrrole nitrogens is 1. The highest BCUT2D eigenvalue weighted by Crippen LogP contribution is 2.32. The molecule has 0 bridgehead atoms. The largest absolute Gasteiger partial charge is 0.321 e. The monoisotopic (exact) mass is 393 g/mol. The van der Waals surface area contributed by atoms with Crippen LogP contribution < -0.4 is 10.9 Å². The van der Waals surface area contributed by atoms with Gasteiger partial charge in [-0.2, -0.15) is 0 Å². The van der Waals surface area contributed by atoms with Gasteiger partial charge in [0.1, 0.15) is 11.6 Å². The average molecular weight is 393 g/mol. The molecule has 7 heteroatoms. The Morgan fingerprint density at radius 2 is 1.96 bits per heavy atom. The fraction of sp³-hybridized carbons (Fsp3) is 0.0952. The van der Waals surface area contributed by atoms with E-state index >= 15 is 0 Å². The van der Waals surface area contributed by atoms with E-state index in [1.807, 2.05) is 6.92 Å². The third-order valence-electron chi connectivity index (χ3n) is 4.37. The number of halogens is 1. The molecule has 0 aliphatic carbocycles. The Bertz CT molecular complexity index is 1280. The minimum absolute atomic E-state index is 0.231. The number of aryl methyl sites for hydroxylation is 2. The molecule has 28 heavy (non-hydrogen) atoms. The van der Waals surface area contributed by atoms with Crippen molar-refractivity contribution in [2.45, 2.75) is 13.8 Å². The summed E-state index contributed by atoms with van der Waals surface area (Å²) in [6.07, 6.45) is 0. The maximum Gasteiger partial charge on any atom is 0.266 e. The van der Waals surface area contributed by atoms with Gasteiger partial charge in [0.25, 0.3) is 11.5 Å². The lowest BCUT2D eigenvalue weighted by atomic mass is 10.1. The van der Waals surface area contributed by atoms with Crippen molar-refractivity contribution in [3.8, 4) is 11.4 Å². The lowest BCUT2D eigenvalue weighted by molar-refractivity contribution is 0.103. The van der Waals surface area contributed by atoms with Gasteiger partial charge in [-0.1, -0.05) is 12.1 Å². The zero-order chi connectivity index (χ0) is 19.8. The summed E-state index contributed by atoms with van der Waals surface area (Å²) in [5, 5.41) is 3.61. The molecule has 0 aliphatic rings. The number of amides is 1. The Kier molecular flexibility index (Phi) is 4.52. The summed E-state index contributed by atoms with van der Waals surface area (Å²) in [6.45, 7) is 3.56. The number of benzene rings is 2. The van der Waals surface area contributed by atoms with Gasteiger partial charge >= 0.3 is 0 Å². The van der Waals surface area contributed by atoms with E-state index in [-0.39, 0.29) is 17.3 Å². The SMILES string of the molecule is Cc1cc(=O)[nH]c(-c2cccc(NC(=O)c3sc4ccc(F)cc4c3C)c2)n1. The molecule has 0 saturated heterocycles. The minimum atomic E-state index is -0.326. The fourth-order valence-electron chi connectivity index (χ4n) is 3.06. The molecule has 2 aromatic heterocycles. The number of rotatable bonds is 3. The zero-order valence-corrected chi connectivity index (χ0v) is 16.0. The first-order valence-corrected chi connectivity index (χ1v) is 9.41. The van der Waals surface area contributed by atoms with Crippen molar-refractivity contribution in [2.24, 2.45) is 0 Å². The number of hydrogen-bond donors (Lipinski definition) is 2. The van der Waals surface area contributed by atoms with Crippen molar-refractivity contribution in [3.05, 3.63) is 80.8 Å². The number of carbonyl (C=O) groups excluding carboxylic acids is 1. The number of nitrogens with zero attached hydrogens (tertiary/aromatic N) is 1. The third kappa shape index (κ3) is 3.44. The van der Waals surface area contributed by atoms with E-state index in [4.69, 9.17) is 0 Å². The number of hydrogen-bond acceptors (Lipinski definition) is 4. The Morgan fingerprint density at radius 1 is 1.14 bits per heavy atom. The molecule has 0 spiro atoms. The summed E-state index contributed by atoms with van der Waals surface area (Å²) in [4.78, 5) is 32.0. The van der Waals surface area contributed by atoms with Crippen LogP contribution in [-0.2, 0) is 0 Å². The highest BCUT2D eigenvalue weighted by molar-refractivity contribution is 7.21. The van der Waals surface area contributed by atoms with Gasteiger partial charge in [-0.15, -0.1) is 11.3 Å². The van der Waals surface area contributed by atoms with Gasteiger partial charge in [-0.3, -0.25) is 9.59 Å². The number of thiophene rings is 1. The normalized spacial score (nSPS) is 11.0. The molecular formula is C21H16FN3O2S. The van der Waals surface area contributed by atoms with Gasteiger partial charge in [-0.05, 0) is 55.1 Å². The molecule has 4 aromatic rings. The highest BCUT2D eigenvalue weighted by Gasteiger charge is 2.16. The van der Waals surface area contributed by atoms with Crippen molar-refractivity contribution in [1.82, 2.24) is 9.97 Å². The van der Waals surface area contributed by atoms with Gasteiger partial charge in [0.15, 0.2) is 0 Å². The van der Waals surface area contributed by atoms with Crippen LogP contribution in [0, 0.1) is 19.7 Å². The number of fused-ring (bicyclic) bond motifs is 1. The van der Waals surface area contributed by atoms with Crippen LogP contribution in [0.25, 0.3) is 21.5 Å². The Labute approximate surface area is 163 Å². The minimum Gasteiger partial charge on any atom is -0.321 e. The first kappa shape index (κ1) is 18.1. The van der Waals surface area contributed by atoms with Crippen LogP contribution in [0.15, 0.2) is 53.3 Å². The summed E-state index contributed by atoms with van der Waals surface area (Å²) in [6, 6.07) is 13.0. The van der Waals surface area contributed by atoms with Crippen molar-refractivity contribution in [2.75, 3.05) is 5.32 Å². The number of aromatic amines is 1. The maximum absolute atomic E-state index is 13.5. The van der Waals surface area contributed by atoms with E-state index in [0.717, 1.165) is 15.6 Å². The second-order valence-corrected chi connectivity index (χ2v) is 7.52. The van der Waals surface area contributed by atoms with Crippen LogP contribution in [0.4, 0.5) is 10.1 Å². The first-order chi connectivity index (χ1) is 13.4. The molecule has 0 atom stereocenters. The maximum atomic E-state index is 13.5. The summed E-state index contributed by atoms with van der Waals surface area (Å²) in [5.41, 5.74) is 2.40. The molecule has 0 saturated carbocycles. The molecular weight excluding hydrogens is 377 g/mol.